The maximum atomic E-state index is 11.4. The summed E-state index contributed by atoms with van der Waals surface area (Å²) in [5, 5.41) is 14.7. The summed E-state index contributed by atoms with van der Waals surface area (Å²) in [6, 6.07) is 0.0665. The van der Waals surface area contributed by atoms with Gasteiger partial charge in [0, 0.05) is 6.04 Å². The topological polar surface area (TPSA) is 78.4 Å². The van der Waals surface area contributed by atoms with Crippen LogP contribution in [0.3, 0.4) is 0 Å². The van der Waals surface area contributed by atoms with Gasteiger partial charge in [0.25, 0.3) is 0 Å². The third-order valence-electron chi connectivity index (χ3n) is 2.65. The molecule has 0 aromatic rings. The fraction of sp³-hybridized carbons (Fsp3) is 0.818. The average molecular weight is 230 g/mol. The monoisotopic (exact) mass is 230 g/mol. The molecule has 0 fully saturated rings. The Bertz CT molecular complexity index is 248. The lowest BCUT2D eigenvalue weighted by atomic mass is 9.93. The number of hydrogen-bond acceptors (Lipinski definition) is 3. The molecule has 0 atom stereocenters. The molecule has 5 nitrogen and oxygen atoms in total. The van der Waals surface area contributed by atoms with Crippen LogP contribution in [0.2, 0.25) is 0 Å². The number of aliphatic carboxylic acids is 1. The molecule has 0 aliphatic carbocycles. The Morgan fingerprint density at radius 3 is 2.06 bits per heavy atom. The van der Waals surface area contributed by atoms with E-state index in [2.05, 4.69) is 10.6 Å². The van der Waals surface area contributed by atoms with Crippen LogP contribution in [0.25, 0.3) is 0 Å². The van der Waals surface area contributed by atoms with Crippen LogP contribution in [-0.2, 0) is 9.59 Å². The van der Waals surface area contributed by atoms with Crippen LogP contribution in [0.5, 0.6) is 0 Å². The van der Waals surface area contributed by atoms with Gasteiger partial charge in [-0.05, 0) is 26.7 Å². The van der Waals surface area contributed by atoms with Crippen molar-refractivity contribution in [2.75, 3.05) is 6.54 Å². The van der Waals surface area contributed by atoms with Crippen molar-refractivity contribution in [3.8, 4) is 0 Å². The molecule has 0 bridgehead atoms. The van der Waals surface area contributed by atoms with Gasteiger partial charge in [-0.1, -0.05) is 13.8 Å². The number of carbonyl (C=O) groups is 2. The first kappa shape index (κ1) is 14.9. The van der Waals surface area contributed by atoms with Crippen LogP contribution in [0.4, 0.5) is 0 Å². The Hall–Kier alpha value is -1.10. The van der Waals surface area contributed by atoms with Gasteiger partial charge < -0.3 is 10.4 Å². The highest BCUT2D eigenvalue weighted by molar-refractivity contribution is 5.82. The van der Waals surface area contributed by atoms with Crippen molar-refractivity contribution in [3.63, 3.8) is 0 Å². The Kier molecular flexibility index (Phi) is 6.03. The van der Waals surface area contributed by atoms with Crippen LogP contribution in [0.15, 0.2) is 0 Å². The van der Waals surface area contributed by atoms with Crippen molar-refractivity contribution in [1.29, 1.82) is 0 Å². The van der Waals surface area contributed by atoms with E-state index in [1.54, 1.807) is 13.8 Å². The second-order valence-corrected chi connectivity index (χ2v) is 4.17. The van der Waals surface area contributed by atoms with Gasteiger partial charge in [0.15, 0.2) is 0 Å². The van der Waals surface area contributed by atoms with Crippen LogP contribution in [-0.4, -0.2) is 35.1 Å². The fourth-order valence-corrected chi connectivity index (χ4v) is 1.50. The zero-order chi connectivity index (χ0) is 12.8. The van der Waals surface area contributed by atoms with Gasteiger partial charge in [0.1, 0.15) is 5.54 Å². The molecule has 0 spiro atoms. The lowest BCUT2D eigenvalue weighted by molar-refractivity contribution is -0.145. The predicted octanol–water partition coefficient (Wildman–Crippen LogP) is 0.744. The molecule has 0 rings (SSSR count). The molecule has 94 valence electrons. The van der Waals surface area contributed by atoms with Gasteiger partial charge >= 0.3 is 5.97 Å². The van der Waals surface area contributed by atoms with E-state index in [4.69, 9.17) is 5.11 Å². The molecule has 16 heavy (non-hydrogen) atoms. The molecule has 0 aromatic heterocycles. The van der Waals surface area contributed by atoms with E-state index >= 15 is 0 Å². The number of nitrogens with one attached hydrogen (secondary N) is 2. The summed E-state index contributed by atoms with van der Waals surface area (Å²) >= 11 is 0. The summed E-state index contributed by atoms with van der Waals surface area (Å²) in [6.07, 6.45) is 0.904. The van der Waals surface area contributed by atoms with Crippen LogP contribution >= 0.6 is 0 Å². The number of amides is 1. The second kappa shape index (κ2) is 6.48. The summed E-state index contributed by atoms with van der Waals surface area (Å²) in [6.45, 7) is 7.35. The first-order valence-electron chi connectivity index (χ1n) is 5.65. The van der Waals surface area contributed by atoms with E-state index in [9.17, 15) is 9.59 Å². The van der Waals surface area contributed by atoms with Crippen molar-refractivity contribution in [2.45, 2.75) is 52.1 Å². The number of rotatable bonds is 7. The predicted molar refractivity (Wildman–Crippen MR) is 62.2 cm³/mol. The van der Waals surface area contributed by atoms with E-state index in [1.807, 2.05) is 13.8 Å². The molecule has 5 heteroatoms. The summed E-state index contributed by atoms with van der Waals surface area (Å²) in [5.74, 6) is -1.09. The molecule has 0 unspecified atom stereocenters. The lowest BCUT2D eigenvalue weighted by Gasteiger charge is -2.28. The van der Waals surface area contributed by atoms with Crippen molar-refractivity contribution in [2.24, 2.45) is 0 Å². The van der Waals surface area contributed by atoms with Crippen molar-refractivity contribution >= 4 is 11.9 Å². The van der Waals surface area contributed by atoms with Gasteiger partial charge in [-0.2, -0.15) is 0 Å². The van der Waals surface area contributed by atoms with Crippen molar-refractivity contribution in [3.05, 3.63) is 0 Å². The maximum absolute atomic E-state index is 11.4. The first-order chi connectivity index (χ1) is 7.38. The number of carboxylic acid groups (broad SMARTS) is 1. The van der Waals surface area contributed by atoms with E-state index in [-0.39, 0.29) is 18.5 Å². The molecule has 0 aliphatic heterocycles. The second-order valence-electron chi connectivity index (χ2n) is 4.17. The molecule has 0 heterocycles. The molecule has 0 saturated carbocycles. The van der Waals surface area contributed by atoms with Crippen LogP contribution < -0.4 is 10.6 Å². The quantitative estimate of drug-likeness (QED) is 0.603. The van der Waals surface area contributed by atoms with Crippen LogP contribution in [0.1, 0.15) is 40.5 Å². The highest BCUT2D eigenvalue weighted by atomic mass is 16.4. The SMILES string of the molecule is CCC(CC)(NCC(=O)NC(C)C)C(=O)O. The van der Waals surface area contributed by atoms with Gasteiger partial charge in [-0.25, -0.2) is 0 Å². The highest BCUT2D eigenvalue weighted by Gasteiger charge is 2.34. The number of carboxylic acids is 1. The Balaban J connectivity index is 4.33. The van der Waals surface area contributed by atoms with E-state index < -0.39 is 11.5 Å². The highest BCUT2D eigenvalue weighted by Crippen LogP contribution is 2.14. The summed E-state index contributed by atoms with van der Waals surface area (Å²) < 4.78 is 0. The molecular weight excluding hydrogens is 208 g/mol. The van der Waals surface area contributed by atoms with Gasteiger partial charge in [0.2, 0.25) is 5.91 Å². The molecule has 0 aromatic carbocycles. The Morgan fingerprint density at radius 2 is 1.75 bits per heavy atom. The maximum Gasteiger partial charge on any atom is 0.323 e. The van der Waals surface area contributed by atoms with E-state index in [0.717, 1.165) is 0 Å². The number of carbonyl (C=O) groups excluding carboxylic acids is 1. The minimum Gasteiger partial charge on any atom is -0.480 e. The summed E-state index contributed by atoms with van der Waals surface area (Å²) in [7, 11) is 0. The molecule has 0 radical (unpaired) electrons. The zero-order valence-electron chi connectivity index (χ0n) is 10.5. The molecule has 0 saturated heterocycles. The molecular formula is C11H22N2O3. The van der Waals surface area contributed by atoms with E-state index in [1.165, 1.54) is 0 Å². The van der Waals surface area contributed by atoms with Crippen LogP contribution in [0, 0.1) is 0 Å². The summed E-state index contributed by atoms with van der Waals surface area (Å²) in [5.41, 5.74) is -0.992. The van der Waals surface area contributed by atoms with Gasteiger partial charge in [-0.15, -0.1) is 0 Å². The fourth-order valence-electron chi connectivity index (χ4n) is 1.50. The Morgan fingerprint density at radius 1 is 1.25 bits per heavy atom. The van der Waals surface area contributed by atoms with Crippen molar-refractivity contribution in [1.82, 2.24) is 10.6 Å². The third kappa shape index (κ3) is 4.18. The zero-order valence-corrected chi connectivity index (χ0v) is 10.5. The molecule has 3 N–H and O–H groups in total. The van der Waals surface area contributed by atoms with E-state index in [0.29, 0.717) is 12.8 Å². The largest absolute Gasteiger partial charge is 0.480 e. The minimum absolute atomic E-state index is 0.0339. The molecule has 0 aliphatic rings. The molecule has 1 amide bonds. The first-order valence-corrected chi connectivity index (χ1v) is 5.65. The van der Waals surface area contributed by atoms with Gasteiger partial charge in [-0.3, -0.25) is 14.9 Å². The minimum atomic E-state index is -0.992. The summed E-state index contributed by atoms with van der Waals surface area (Å²) in [4.78, 5) is 22.5. The standard InChI is InChI=1S/C11H22N2O3/c1-5-11(6-2,10(15)16)12-7-9(14)13-8(3)4/h8,12H,5-7H2,1-4H3,(H,13,14)(H,15,16). The third-order valence-corrected chi connectivity index (χ3v) is 2.65. The van der Waals surface area contributed by atoms with Gasteiger partial charge in [0.05, 0.1) is 6.54 Å². The lowest BCUT2D eigenvalue weighted by Crippen LogP contribution is -2.54. The Labute approximate surface area is 96.6 Å². The van der Waals surface area contributed by atoms with Crippen molar-refractivity contribution < 1.29 is 14.7 Å². The normalized spacial score (nSPS) is 11.6. The average Bonchev–Trinajstić information content (AvgIpc) is 2.18. The number of hydrogen-bond donors (Lipinski definition) is 3. The smallest absolute Gasteiger partial charge is 0.323 e.